The second kappa shape index (κ2) is 8.26. The number of hydrogen-bond donors (Lipinski definition) is 1. The van der Waals surface area contributed by atoms with Gasteiger partial charge in [0.25, 0.3) is 5.91 Å². The molecule has 2 fully saturated rings. The van der Waals surface area contributed by atoms with E-state index in [0.717, 1.165) is 11.4 Å². The number of pyridine rings is 1. The van der Waals surface area contributed by atoms with E-state index in [4.69, 9.17) is 18.9 Å². The molecule has 1 N–H and O–H groups in total. The van der Waals surface area contributed by atoms with Crippen LogP contribution in [0.2, 0.25) is 0 Å². The summed E-state index contributed by atoms with van der Waals surface area (Å²) < 4.78 is 22.1. The van der Waals surface area contributed by atoms with Crippen molar-refractivity contribution in [3.63, 3.8) is 0 Å². The average Bonchev–Trinajstić information content (AvgIpc) is 3.21. The SMILES string of the molecule is COc1ccc(Nc2ccnc(C(=O)N3CCC4(CC3)OCCO4)c2)cc1OC. The molecule has 0 aliphatic carbocycles. The van der Waals surface area contributed by atoms with E-state index < -0.39 is 5.79 Å². The van der Waals surface area contributed by atoms with E-state index >= 15 is 0 Å². The highest BCUT2D eigenvalue weighted by Crippen LogP contribution is 2.33. The molecule has 8 nitrogen and oxygen atoms in total. The number of rotatable bonds is 5. The quantitative estimate of drug-likeness (QED) is 0.828. The van der Waals surface area contributed by atoms with Crippen LogP contribution >= 0.6 is 0 Å². The molecule has 154 valence electrons. The fourth-order valence-electron chi connectivity index (χ4n) is 3.70. The zero-order valence-electron chi connectivity index (χ0n) is 16.6. The van der Waals surface area contributed by atoms with Crippen molar-refractivity contribution in [3.05, 3.63) is 42.2 Å². The minimum atomic E-state index is -0.499. The number of carbonyl (C=O) groups is 1. The third-order valence-corrected chi connectivity index (χ3v) is 5.28. The number of likely N-dealkylation sites (tertiary alicyclic amines) is 1. The molecule has 1 aromatic heterocycles. The normalized spacial score (nSPS) is 17.9. The van der Waals surface area contributed by atoms with Gasteiger partial charge in [0.2, 0.25) is 0 Å². The highest BCUT2D eigenvalue weighted by atomic mass is 16.7. The fourth-order valence-corrected chi connectivity index (χ4v) is 3.70. The van der Waals surface area contributed by atoms with Crippen LogP contribution in [-0.2, 0) is 9.47 Å². The lowest BCUT2D eigenvalue weighted by atomic mass is 10.0. The molecular weight excluding hydrogens is 374 g/mol. The van der Waals surface area contributed by atoms with Crippen LogP contribution in [-0.4, -0.2) is 62.1 Å². The zero-order chi connectivity index (χ0) is 20.3. The summed E-state index contributed by atoms with van der Waals surface area (Å²) in [6.07, 6.45) is 3.00. The maximum atomic E-state index is 12.9. The van der Waals surface area contributed by atoms with E-state index in [2.05, 4.69) is 10.3 Å². The van der Waals surface area contributed by atoms with Gasteiger partial charge in [-0.15, -0.1) is 0 Å². The van der Waals surface area contributed by atoms with Crippen molar-refractivity contribution in [2.45, 2.75) is 18.6 Å². The van der Waals surface area contributed by atoms with Gasteiger partial charge in [-0.25, -0.2) is 0 Å². The Morgan fingerprint density at radius 2 is 1.72 bits per heavy atom. The largest absolute Gasteiger partial charge is 0.493 e. The number of ether oxygens (including phenoxy) is 4. The third kappa shape index (κ3) is 4.13. The van der Waals surface area contributed by atoms with Gasteiger partial charge in [0.1, 0.15) is 5.69 Å². The Morgan fingerprint density at radius 3 is 2.41 bits per heavy atom. The minimum Gasteiger partial charge on any atom is -0.493 e. The summed E-state index contributed by atoms with van der Waals surface area (Å²) in [6.45, 7) is 2.43. The van der Waals surface area contributed by atoms with Crippen molar-refractivity contribution >= 4 is 17.3 Å². The predicted octanol–water partition coefficient (Wildman–Crippen LogP) is 2.82. The maximum absolute atomic E-state index is 12.9. The fraction of sp³-hybridized carbons (Fsp3) is 0.429. The molecule has 0 radical (unpaired) electrons. The molecule has 0 bridgehead atoms. The van der Waals surface area contributed by atoms with Crippen LogP contribution in [0.1, 0.15) is 23.3 Å². The van der Waals surface area contributed by atoms with Gasteiger partial charge in [0.15, 0.2) is 17.3 Å². The number of methoxy groups -OCH3 is 2. The molecule has 0 saturated carbocycles. The first-order valence-corrected chi connectivity index (χ1v) is 9.65. The Hall–Kier alpha value is -2.84. The van der Waals surface area contributed by atoms with Crippen molar-refractivity contribution < 1.29 is 23.7 Å². The summed E-state index contributed by atoms with van der Waals surface area (Å²) in [6, 6.07) is 9.12. The Morgan fingerprint density at radius 1 is 1.03 bits per heavy atom. The highest BCUT2D eigenvalue weighted by Gasteiger charge is 2.41. The van der Waals surface area contributed by atoms with E-state index in [1.54, 1.807) is 31.4 Å². The second-order valence-corrected chi connectivity index (χ2v) is 7.02. The number of carbonyl (C=O) groups excluding carboxylic acids is 1. The number of anilines is 2. The first-order chi connectivity index (χ1) is 14.1. The van der Waals surface area contributed by atoms with E-state index in [1.165, 1.54) is 0 Å². The molecule has 3 heterocycles. The Labute approximate surface area is 169 Å². The first kappa shape index (κ1) is 19.5. The average molecular weight is 399 g/mol. The lowest BCUT2D eigenvalue weighted by Gasteiger charge is -2.37. The van der Waals surface area contributed by atoms with Crippen LogP contribution in [0.25, 0.3) is 0 Å². The van der Waals surface area contributed by atoms with Crippen LogP contribution < -0.4 is 14.8 Å². The summed E-state index contributed by atoms with van der Waals surface area (Å²) in [4.78, 5) is 19.0. The van der Waals surface area contributed by atoms with Gasteiger partial charge in [-0.1, -0.05) is 0 Å². The number of aromatic nitrogens is 1. The molecule has 8 heteroatoms. The van der Waals surface area contributed by atoms with Gasteiger partial charge in [0.05, 0.1) is 27.4 Å². The number of hydrogen-bond acceptors (Lipinski definition) is 7. The zero-order valence-corrected chi connectivity index (χ0v) is 16.6. The Kier molecular flexibility index (Phi) is 5.55. The van der Waals surface area contributed by atoms with E-state index in [-0.39, 0.29) is 5.91 Å². The topological polar surface area (TPSA) is 82.2 Å². The summed E-state index contributed by atoms with van der Waals surface area (Å²) in [7, 11) is 3.19. The molecule has 29 heavy (non-hydrogen) atoms. The summed E-state index contributed by atoms with van der Waals surface area (Å²) >= 11 is 0. The minimum absolute atomic E-state index is 0.0891. The smallest absolute Gasteiger partial charge is 0.272 e. The predicted molar refractivity (Wildman–Crippen MR) is 107 cm³/mol. The van der Waals surface area contributed by atoms with E-state index in [0.29, 0.717) is 56.3 Å². The van der Waals surface area contributed by atoms with Crippen LogP contribution in [0.3, 0.4) is 0 Å². The van der Waals surface area contributed by atoms with Crippen LogP contribution in [0, 0.1) is 0 Å². The van der Waals surface area contributed by atoms with Crippen LogP contribution in [0.5, 0.6) is 11.5 Å². The molecular formula is C21H25N3O5. The number of piperidine rings is 1. The van der Waals surface area contributed by atoms with Gasteiger partial charge < -0.3 is 29.2 Å². The van der Waals surface area contributed by atoms with Gasteiger partial charge in [-0.05, 0) is 24.3 Å². The molecule has 2 aromatic rings. The van der Waals surface area contributed by atoms with Crippen molar-refractivity contribution in [1.29, 1.82) is 0 Å². The van der Waals surface area contributed by atoms with Crippen molar-refractivity contribution in [3.8, 4) is 11.5 Å². The molecule has 0 atom stereocenters. The molecule has 4 rings (SSSR count). The number of amides is 1. The summed E-state index contributed by atoms with van der Waals surface area (Å²) in [5.41, 5.74) is 1.99. The third-order valence-electron chi connectivity index (χ3n) is 5.28. The second-order valence-electron chi connectivity index (χ2n) is 7.02. The monoisotopic (exact) mass is 399 g/mol. The van der Waals surface area contributed by atoms with Gasteiger partial charge in [-0.2, -0.15) is 0 Å². The molecule has 2 saturated heterocycles. The van der Waals surface area contributed by atoms with E-state index in [1.807, 2.05) is 24.3 Å². The molecule has 2 aliphatic rings. The number of benzene rings is 1. The first-order valence-electron chi connectivity index (χ1n) is 9.65. The Balaban J connectivity index is 1.44. The van der Waals surface area contributed by atoms with Crippen LogP contribution in [0.4, 0.5) is 11.4 Å². The summed E-state index contributed by atoms with van der Waals surface area (Å²) in [5.74, 6) is 0.693. The van der Waals surface area contributed by atoms with Crippen molar-refractivity contribution in [2.24, 2.45) is 0 Å². The number of nitrogens with one attached hydrogen (secondary N) is 1. The van der Waals surface area contributed by atoms with Gasteiger partial charge in [-0.3, -0.25) is 9.78 Å². The highest BCUT2D eigenvalue weighted by molar-refractivity contribution is 5.93. The number of nitrogens with zero attached hydrogens (tertiary/aromatic N) is 2. The van der Waals surface area contributed by atoms with Crippen molar-refractivity contribution in [1.82, 2.24) is 9.88 Å². The molecule has 2 aliphatic heterocycles. The van der Waals surface area contributed by atoms with Gasteiger partial charge in [0, 0.05) is 49.6 Å². The lowest BCUT2D eigenvalue weighted by Crippen LogP contribution is -2.47. The lowest BCUT2D eigenvalue weighted by molar-refractivity contribution is -0.181. The van der Waals surface area contributed by atoms with Crippen LogP contribution in [0.15, 0.2) is 36.5 Å². The molecule has 0 unspecified atom stereocenters. The Bertz CT molecular complexity index is 872. The van der Waals surface area contributed by atoms with E-state index in [9.17, 15) is 4.79 Å². The van der Waals surface area contributed by atoms with Gasteiger partial charge >= 0.3 is 0 Å². The standard InChI is InChI=1S/C21H25N3O5/c1-26-18-4-3-15(14-19(18)27-2)23-16-5-8-22-17(13-16)20(25)24-9-6-21(7-10-24)28-11-12-29-21/h3-5,8,13-14H,6-7,9-12H2,1-2H3,(H,22,23). The molecule has 1 amide bonds. The van der Waals surface area contributed by atoms with Crippen molar-refractivity contribution in [2.75, 3.05) is 45.8 Å². The maximum Gasteiger partial charge on any atom is 0.272 e. The summed E-state index contributed by atoms with van der Waals surface area (Å²) in [5, 5.41) is 3.28. The molecule has 1 spiro atoms. The molecule has 1 aromatic carbocycles.